The lowest BCUT2D eigenvalue weighted by molar-refractivity contribution is -0.227. The molecule has 1 saturated heterocycles. The Morgan fingerprint density at radius 2 is 1.55 bits per heavy atom. The van der Waals surface area contributed by atoms with E-state index in [2.05, 4.69) is 48.5 Å². The normalized spacial score (nSPS) is 56.2. The zero-order valence-electron chi connectivity index (χ0n) is 22.1. The number of carbonyl (C=O) groups is 1. The molecule has 3 nitrogen and oxygen atoms in total. The van der Waals surface area contributed by atoms with Crippen LogP contribution in [-0.4, -0.2) is 23.6 Å². The Morgan fingerprint density at radius 3 is 2.27 bits per heavy atom. The van der Waals surface area contributed by atoms with Gasteiger partial charge in [-0.3, -0.25) is 4.79 Å². The molecule has 6 rings (SSSR count). The first-order valence-electron chi connectivity index (χ1n) is 13.8. The van der Waals surface area contributed by atoms with Gasteiger partial charge in [0.25, 0.3) is 0 Å². The molecule has 2 bridgehead atoms. The van der Waals surface area contributed by atoms with Gasteiger partial charge in [0.2, 0.25) is 5.78 Å². The highest BCUT2D eigenvalue weighted by Crippen LogP contribution is 2.77. The number of rotatable bonds is 0. The number of carbonyl (C=O) groups excluding carboxylic acids is 1. The summed E-state index contributed by atoms with van der Waals surface area (Å²) >= 11 is 0. The lowest BCUT2D eigenvalue weighted by atomic mass is 9.32. The molecule has 9 atom stereocenters. The number of hydrogen-bond donors (Lipinski definition) is 1. The Balaban J connectivity index is 1.43. The molecule has 1 heterocycles. The van der Waals surface area contributed by atoms with Gasteiger partial charge in [-0.1, -0.05) is 48.5 Å². The van der Waals surface area contributed by atoms with Gasteiger partial charge in [-0.25, -0.2) is 0 Å². The number of Topliss-reactive ketones (excluding diaryl/α,β-unsaturated/α-hetero) is 1. The van der Waals surface area contributed by atoms with Crippen LogP contribution < -0.4 is 0 Å². The van der Waals surface area contributed by atoms with Crippen LogP contribution in [0.1, 0.15) is 99.8 Å². The fourth-order valence-electron chi connectivity index (χ4n) is 11.4. The molecule has 0 amide bonds. The zero-order valence-corrected chi connectivity index (χ0v) is 22.1. The van der Waals surface area contributed by atoms with E-state index in [1.54, 1.807) is 0 Å². The third-order valence-electron chi connectivity index (χ3n) is 13.4. The summed E-state index contributed by atoms with van der Waals surface area (Å²) in [7, 11) is 0. The van der Waals surface area contributed by atoms with Gasteiger partial charge in [0.15, 0.2) is 5.76 Å². The Morgan fingerprint density at radius 1 is 0.848 bits per heavy atom. The molecular formula is C30H46O3. The first-order valence-corrected chi connectivity index (χ1v) is 13.8. The van der Waals surface area contributed by atoms with Crippen molar-refractivity contribution in [1.82, 2.24) is 0 Å². The lowest BCUT2D eigenvalue weighted by Crippen LogP contribution is -2.67. The molecule has 4 saturated carbocycles. The largest absolute Gasteiger partial charge is 0.505 e. The van der Waals surface area contributed by atoms with Gasteiger partial charge in [-0.15, -0.1) is 0 Å². The van der Waals surface area contributed by atoms with Crippen molar-refractivity contribution in [1.29, 1.82) is 0 Å². The third-order valence-corrected chi connectivity index (χ3v) is 13.4. The number of aliphatic hydroxyl groups is 1. The van der Waals surface area contributed by atoms with Gasteiger partial charge in [0, 0.05) is 5.41 Å². The van der Waals surface area contributed by atoms with Crippen molar-refractivity contribution in [2.45, 2.75) is 106 Å². The minimum absolute atomic E-state index is 0.0262. The molecule has 0 radical (unpaired) electrons. The van der Waals surface area contributed by atoms with Crippen LogP contribution in [0, 0.1) is 56.2 Å². The van der Waals surface area contributed by atoms with E-state index in [4.69, 9.17) is 4.74 Å². The molecule has 184 valence electrons. The van der Waals surface area contributed by atoms with Crippen LogP contribution in [-0.2, 0) is 9.53 Å². The Bertz CT molecular complexity index is 931. The molecule has 6 aliphatic rings. The fourth-order valence-corrected chi connectivity index (χ4v) is 11.4. The number of ether oxygens (including phenoxy) is 1. The van der Waals surface area contributed by atoms with Crippen molar-refractivity contribution in [2.24, 2.45) is 56.2 Å². The first-order chi connectivity index (χ1) is 15.2. The van der Waals surface area contributed by atoms with E-state index >= 15 is 0 Å². The summed E-state index contributed by atoms with van der Waals surface area (Å²) < 4.78 is 6.67. The Kier molecular flexibility index (Phi) is 4.31. The molecule has 1 N–H and O–H groups in total. The summed E-state index contributed by atoms with van der Waals surface area (Å²) in [6.07, 6.45) is 12.5. The molecule has 0 aromatic rings. The summed E-state index contributed by atoms with van der Waals surface area (Å²) in [5, 5.41) is 10.8. The molecule has 6 unspecified atom stereocenters. The molecule has 5 aliphatic carbocycles. The van der Waals surface area contributed by atoms with Gasteiger partial charge in [-0.05, 0) is 108 Å². The summed E-state index contributed by atoms with van der Waals surface area (Å²) in [4.78, 5) is 12.9. The van der Waals surface area contributed by atoms with Crippen LogP contribution in [0.2, 0.25) is 0 Å². The van der Waals surface area contributed by atoms with Gasteiger partial charge < -0.3 is 9.84 Å². The van der Waals surface area contributed by atoms with E-state index in [1.807, 2.05) is 6.08 Å². The van der Waals surface area contributed by atoms with E-state index in [0.29, 0.717) is 34.7 Å². The molecule has 3 heteroatoms. The highest BCUT2D eigenvalue weighted by molar-refractivity contribution is 5.98. The second kappa shape index (κ2) is 6.29. The monoisotopic (exact) mass is 454 g/mol. The number of aliphatic hydroxyl groups excluding tert-OH is 1. The van der Waals surface area contributed by atoms with Gasteiger partial charge in [0.05, 0.1) is 12.7 Å². The Hall–Kier alpha value is -0.830. The van der Waals surface area contributed by atoms with E-state index in [1.165, 1.54) is 44.9 Å². The minimum atomic E-state index is -0.483. The molecule has 33 heavy (non-hydrogen) atoms. The van der Waals surface area contributed by atoms with Crippen LogP contribution in [0.25, 0.3) is 0 Å². The van der Waals surface area contributed by atoms with Gasteiger partial charge in [-0.2, -0.15) is 0 Å². The maximum atomic E-state index is 12.9. The highest BCUT2D eigenvalue weighted by Gasteiger charge is 2.72. The second-order valence-corrected chi connectivity index (χ2v) is 15.2. The fraction of sp³-hybridized carbons (Fsp3) is 0.900. The van der Waals surface area contributed by atoms with E-state index in [0.717, 1.165) is 18.9 Å². The highest BCUT2D eigenvalue weighted by atomic mass is 16.5. The number of allylic oxidation sites excluding steroid dienone is 2. The molecule has 0 aromatic carbocycles. The van der Waals surface area contributed by atoms with Crippen molar-refractivity contribution in [3.63, 3.8) is 0 Å². The smallest absolute Gasteiger partial charge is 0.202 e. The standard InChI is InChI=1S/C30H46O3/c1-25(2)12-14-30-15-13-28(6)18(22(30)24(25)33-17-30)8-9-21-27(5)16-19(31)23(32)26(3,4)20(27)10-11-29(21,28)7/h16,18,20-22,24,31H,8-15,17H2,1-7H3/t18?,20?,21?,22?,24?,27-,28+,29+,30?/m0/s1. The van der Waals surface area contributed by atoms with Crippen LogP contribution in [0.15, 0.2) is 11.8 Å². The van der Waals surface area contributed by atoms with E-state index in [-0.39, 0.29) is 27.8 Å². The first kappa shape index (κ1) is 22.6. The van der Waals surface area contributed by atoms with Crippen LogP contribution in [0.5, 0.6) is 0 Å². The van der Waals surface area contributed by atoms with E-state index in [9.17, 15) is 9.90 Å². The minimum Gasteiger partial charge on any atom is -0.505 e. The average molecular weight is 455 g/mol. The predicted molar refractivity (Wildman–Crippen MR) is 131 cm³/mol. The topological polar surface area (TPSA) is 46.5 Å². The quantitative estimate of drug-likeness (QED) is 0.424. The van der Waals surface area contributed by atoms with Crippen molar-refractivity contribution in [3.8, 4) is 0 Å². The van der Waals surface area contributed by atoms with Gasteiger partial charge >= 0.3 is 0 Å². The predicted octanol–water partition coefficient (Wildman–Crippen LogP) is 7.11. The SMILES string of the molecule is CC1(C)CCC23CC[C@]4(C)C(CCC5[C@@]6(C)C=C(O)C(=O)C(C)(C)C6CC[C@]54C)C2C1OC3. The summed E-state index contributed by atoms with van der Waals surface area (Å²) in [5.74, 6) is 2.25. The van der Waals surface area contributed by atoms with Crippen molar-refractivity contribution >= 4 is 5.78 Å². The molecule has 0 spiro atoms. The third kappa shape index (κ3) is 2.44. The summed E-state index contributed by atoms with van der Waals surface area (Å²) in [6.45, 7) is 17.7. The number of hydrogen-bond acceptors (Lipinski definition) is 3. The average Bonchev–Trinajstić information content (AvgIpc) is 3.06. The van der Waals surface area contributed by atoms with Crippen LogP contribution in [0.3, 0.4) is 0 Å². The zero-order chi connectivity index (χ0) is 23.8. The van der Waals surface area contributed by atoms with Crippen molar-refractivity contribution < 1.29 is 14.6 Å². The van der Waals surface area contributed by atoms with Crippen molar-refractivity contribution in [3.05, 3.63) is 11.8 Å². The van der Waals surface area contributed by atoms with Crippen LogP contribution in [0.4, 0.5) is 0 Å². The maximum Gasteiger partial charge on any atom is 0.202 e. The Labute approximate surface area is 201 Å². The molecular weight excluding hydrogens is 408 g/mol. The van der Waals surface area contributed by atoms with Crippen LogP contribution >= 0.6 is 0 Å². The number of fused-ring (bicyclic) bond motifs is 5. The summed E-state index contributed by atoms with van der Waals surface area (Å²) in [5.41, 5.74) is 0.644. The summed E-state index contributed by atoms with van der Waals surface area (Å²) in [6, 6.07) is 0. The number of ketones is 1. The lowest BCUT2D eigenvalue weighted by Gasteiger charge is -2.72. The molecule has 5 fully saturated rings. The second-order valence-electron chi connectivity index (χ2n) is 15.2. The van der Waals surface area contributed by atoms with Crippen molar-refractivity contribution in [2.75, 3.05) is 6.61 Å². The van der Waals surface area contributed by atoms with Gasteiger partial charge in [0.1, 0.15) is 0 Å². The maximum absolute atomic E-state index is 12.9. The van der Waals surface area contributed by atoms with E-state index < -0.39 is 5.41 Å². The molecule has 0 aromatic heterocycles. The molecule has 1 aliphatic heterocycles.